The first-order valence-electron chi connectivity index (χ1n) is 6.56. The molecule has 1 aromatic heterocycles. The summed E-state index contributed by atoms with van der Waals surface area (Å²) >= 11 is 12.3. The predicted molar refractivity (Wildman–Crippen MR) is 79.6 cm³/mol. The molecule has 20 heavy (non-hydrogen) atoms. The van der Waals surface area contributed by atoms with Crippen molar-refractivity contribution in [2.75, 3.05) is 6.61 Å². The molecule has 0 aliphatic carbocycles. The van der Waals surface area contributed by atoms with E-state index in [0.29, 0.717) is 16.7 Å². The predicted octanol–water partition coefficient (Wildman–Crippen LogP) is 4.76. The van der Waals surface area contributed by atoms with Gasteiger partial charge in [-0.2, -0.15) is 0 Å². The van der Waals surface area contributed by atoms with Crippen molar-refractivity contribution < 1.29 is 9.15 Å². The van der Waals surface area contributed by atoms with E-state index in [1.54, 1.807) is 12.3 Å². The van der Waals surface area contributed by atoms with Crippen LogP contribution in [0.25, 0.3) is 0 Å². The fourth-order valence-corrected chi connectivity index (χ4v) is 3.08. The fourth-order valence-electron chi connectivity index (χ4n) is 2.52. The lowest BCUT2D eigenvalue weighted by Gasteiger charge is -2.29. The lowest BCUT2D eigenvalue weighted by Crippen LogP contribution is -2.29. The number of fused-ring (bicyclic) bond motifs is 1. The zero-order chi connectivity index (χ0) is 14.1. The number of hydrogen-bond acceptors (Lipinski definition) is 3. The van der Waals surface area contributed by atoms with Crippen molar-refractivity contribution in [2.45, 2.75) is 25.4 Å². The first kappa shape index (κ1) is 13.8. The number of ether oxygens (including phenoxy) is 1. The molecule has 2 heterocycles. The lowest BCUT2D eigenvalue weighted by atomic mass is 9.99. The minimum atomic E-state index is 0.110. The van der Waals surface area contributed by atoms with Crippen LogP contribution in [0.5, 0.6) is 5.75 Å². The summed E-state index contributed by atoms with van der Waals surface area (Å²) in [5.41, 5.74) is 1.01. The minimum Gasteiger partial charge on any atom is -0.492 e. The van der Waals surface area contributed by atoms with Gasteiger partial charge in [0.2, 0.25) is 0 Å². The van der Waals surface area contributed by atoms with Gasteiger partial charge in [0.25, 0.3) is 0 Å². The van der Waals surface area contributed by atoms with Gasteiger partial charge in [-0.1, -0.05) is 23.2 Å². The molecule has 5 heteroatoms. The van der Waals surface area contributed by atoms with Gasteiger partial charge in [0.05, 0.1) is 23.9 Å². The summed E-state index contributed by atoms with van der Waals surface area (Å²) in [5, 5.41) is 4.72. The molecule has 0 saturated heterocycles. The van der Waals surface area contributed by atoms with Crippen LogP contribution in [0.2, 0.25) is 10.0 Å². The molecule has 0 spiro atoms. The summed E-state index contributed by atoms with van der Waals surface area (Å²) in [4.78, 5) is 0. The SMILES string of the molecule is CC(NC1CCOc2c(Cl)cc(Cl)cc21)c1ccco1. The Bertz CT molecular complexity index is 598. The van der Waals surface area contributed by atoms with Crippen molar-refractivity contribution in [2.24, 2.45) is 0 Å². The number of halogens is 2. The van der Waals surface area contributed by atoms with Crippen molar-refractivity contribution in [3.63, 3.8) is 0 Å². The van der Waals surface area contributed by atoms with Crippen LogP contribution in [-0.4, -0.2) is 6.61 Å². The average molecular weight is 312 g/mol. The van der Waals surface area contributed by atoms with Gasteiger partial charge in [0.15, 0.2) is 0 Å². The summed E-state index contributed by atoms with van der Waals surface area (Å²) in [6.07, 6.45) is 2.55. The second-order valence-corrected chi connectivity index (χ2v) is 5.74. The number of hydrogen-bond donors (Lipinski definition) is 1. The Labute approximate surface area is 127 Å². The van der Waals surface area contributed by atoms with E-state index in [1.807, 2.05) is 18.2 Å². The fraction of sp³-hybridized carbons (Fsp3) is 0.333. The molecular formula is C15H15Cl2NO2. The molecule has 1 aliphatic rings. The molecule has 3 rings (SSSR count). The Balaban J connectivity index is 1.86. The van der Waals surface area contributed by atoms with Gasteiger partial charge < -0.3 is 14.5 Å². The van der Waals surface area contributed by atoms with Crippen LogP contribution in [0, 0.1) is 0 Å². The van der Waals surface area contributed by atoms with Crippen molar-refractivity contribution in [1.29, 1.82) is 0 Å². The summed E-state index contributed by atoms with van der Waals surface area (Å²) in [7, 11) is 0. The zero-order valence-corrected chi connectivity index (χ0v) is 12.5. The molecule has 0 fully saturated rings. The van der Waals surface area contributed by atoms with Crippen molar-refractivity contribution in [3.05, 3.63) is 51.9 Å². The van der Waals surface area contributed by atoms with Gasteiger partial charge in [-0.25, -0.2) is 0 Å². The van der Waals surface area contributed by atoms with Gasteiger partial charge in [-0.15, -0.1) is 0 Å². The third-order valence-electron chi connectivity index (χ3n) is 3.49. The average Bonchev–Trinajstić information content (AvgIpc) is 2.93. The van der Waals surface area contributed by atoms with E-state index in [1.165, 1.54) is 0 Å². The van der Waals surface area contributed by atoms with E-state index in [4.69, 9.17) is 32.4 Å². The van der Waals surface area contributed by atoms with Crippen LogP contribution < -0.4 is 10.1 Å². The molecule has 106 valence electrons. The highest BCUT2D eigenvalue weighted by molar-refractivity contribution is 6.35. The van der Waals surface area contributed by atoms with Crippen molar-refractivity contribution in [3.8, 4) is 5.75 Å². The highest BCUT2D eigenvalue weighted by Crippen LogP contribution is 2.40. The van der Waals surface area contributed by atoms with Crippen LogP contribution >= 0.6 is 23.2 Å². The maximum absolute atomic E-state index is 6.19. The monoisotopic (exact) mass is 311 g/mol. The van der Waals surface area contributed by atoms with Crippen molar-refractivity contribution in [1.82, 2.24) is 5.32 Å². The van der Waals surface area contributed by atoms with Crippen LogP contribution in [-0.2, 0) is 0 Å². The summed E-state index contributed by atoms with van der Waals surface area (Å²) in [6, 6.07) is 7.73. The van der Waals surface area contributed by atoms with Crippen molar-refractivity contribution >= 4 is 23.2 Å². The Hall–Kier alpha value is -1.16. The van der Waals surface area contributed by atoms with E-state index < -0.39 is 0 Å². The third-order valence-corrected chi connectivity index (χ3v) is 3.99. The molecule has 2 aromatic rings. The Morgan fingerprint density at radius 2 is 2.20 bits per heavy atom. The maximum atomic E-state index is 6.19. The topological polar surface area (TPSA) is 34.4 Å². The second-order valence-electron chi connectivity index (χ2n) is 4.90. The molecule has 0 amide bonds. The van der Waals surface area contributed by atoms with E-state index in [9.17, 15) is 0 Å². The molecule has 1 aromatic carbocycles. The standard InChI is InChI=1S/C15H15Cl2NO2/c1-9(14-3-2-5-19-14)18-13-4-6-20-15-11(13)7-10(16)8-12(15)17/h2-3,5,7-9,13,18H,4,6H2,1H3. The van der Waals surface area contributed by atoms with Gasteiger partial charge in [-0.05, 0) is 31.2 Å². The van der Waals surface area contributed by atoms with Crippen LogP contribution in [0.1, 0.15) is 36.8 Å². The van der Waals surface area contributed by atoms with Gasteiger partial charge in [0.1, 0.15) is 11.5 Å². The van der Waals surface area contributed by atoms with Crippen LogP contribution in [0.3, 0.4) is 0 Å². The van der Waals surface area contributed by atoms with E-state index >= 15 is 0 Å². The molecule has 1 aliphatic heterocycles. The molecule has 0 bridgehead atoms. The van der Waals surface area contributed by atoms with Gasteiger partial charge in [-0.3, -0.25) is 0 Å². The summed E-state index contributed by atoms with van der Waals surface area (Å²) in [6.45, 7) is 2.71. The third kappa shape index (κ3) is 2.66. The minimum absolute atomic E-state index is 0.110. The number of benzene rings is 1. The quantitative estimate of drug-likeness (QED) is 0.887. The zero-order valence-electron chi connectivity index (χ0n) is 11.0. The molecule has 2 unspecified atom stereocenters. The Morgan fingerprint density at radius 1 is 1.35 bits per heavy atom. The lowest BCUT2D eigenvalue weighted by molar-refractivity contribution is 0.242. The Morgan fingerprint density at radius 3 is 2.95 bits per heavy atom. The van der Waals surface area contributed by atoms with E-state index in [2.05, 4.69) is 12.2 Å². The number of furan rings is 1. The second kappa shape index (κ2) is 5.68. The first-order chi connectivity index (χ1) is 9.65. The number of rotatable bonds is 3. The molecule has 3 nitrogen and oxygen atoms in total. The number of nitrogens with one attached hydrogen (secondary N) is 1. The highest BCUT2D eigenvalue weighted by atomic mass is 35.5. The molecule has 0 radical (unpaired) electrons. The largest absolute Gasteiger partial charge is 0.492 e. The van der Waals surface area contributed by atoms with Crippen LogP contribution in [0.4, 0.5) is 0 Å². The highest BCUT2D eigenvalue weighted by Gasteiger charge is 2.26. The Kier molecular flexibility index (Phi) is 3.92. The van der Waals surface area contributed by atoms with Crippen LogP contribution in [0.15, 0.2) is 34.9 Å². The molecule has 1 N–H and O–H groups in total. The molecule has 0 saturated carbocycles. The van der Waals surface area contributed by atoms with Gasteiger partial charge >= 0.3 is 0 Å². The summed E-state index contributed by atoms with van der Waals surface area (Å²) in [5.74, 6) is 1.64. The first-order valence-corrected chi connectivity index (χ1v) is 7.32. The summed E-state index contributed by atoms with van der Waals surface area (Å²) < 4.78 is 11.1. The van der Waals surface area contributed by atoms with Gasteiger partial charge in [0, 0.05) is 23.0 Å². The smallest absolute Gasteiger partial charge is 0.142 e. The maximum Gasteiger partial charge on any atom is 0.142 e. The van der Waals surface area contributed by atoms with E-state index in [0.717, 1.165) is 23.5 Å². The molecular weight excluding hydrogens is 297 g/mol. The van der Waals surface area contributed by atoms with E-state index in [-0.39, 0.29) is 12.1 Å². The molecule has 2 atom stereocenters. The normalized spacial score (nSPS) is 19.2.